The van der Waals surface area contributed by atoms with Crippen molar-refractivity contribution < 1.29 is 4.79 Å². The Balaban J connectivity index is 1.48. The molecule has 0 saturated carbocycles. The third-order valence-electron chi connectivity index (χ3n) is 5.59. The highest BCUT2D eigenvalue weighted by molar-refractivity contribution is 5.94. The summed E-state index contributed by atoms with van der Waals surface area (Å²) in [5, 5.41) is 9.49. The van der Waals surface area contributed by atoms with Gasteiger partial charge in [0.2, 0.25) is 5.91 Å². The molecule has 4 aromatic rings. The molecule has 0 unspecified atom stereocenters. The van der Waals surface area contributed by atoms with Crippen LogP contribution in [0.25, 0.3) is 22.0 Å². The number of hydrogen-bond acceptors (Lipinski definition) is 7. The van der Waals surface area contributed by atoms with Crippen molar-refractivity contribution in [3.8, 4) is 11.3 Å². The molecule has 0 fully saturated rings. The van der Waals surface area contributed by atoms with Gasteiger partial charge in [-0.15, -0.1) is 0 Å². The van der Waals surface area contributed by atoms with Gasteiger partial charge < -0.3 is 16.0 Å². The number of carbonyl (C=O) groups excluding carboxylic acids is 1. The van der Waals surface area contributed by atoms with E-state index in [4.69, 9.17) is 5.73 Å². The van der Waals surface area contributed by atoms with E-state index in [2.05, 4.69) is 25.4 Å². The number of fused-ring (bicyclic) bond motifs is 2. The molecule has 9 nitrogen and oxygen atoms in total. The molecule has 5 rings (SSSR count). The number of pyridine rings is 3. The van der Waals surface area contributed by atoms with Crippen LogP contribution in [0.4, 0.5) is 17.5 Å². The first-order valence-electron chi connectivity index (χ1n) is 10.0. The predicted octanol–water partition coefficient (Wildman–Crippen LogP) is 2.54. The van der Waals surface area contributed by atoms with Crippen LogP contribution in [0.2, 0.25) is 0 Å². The van der Waals surface area contributed by atoms with E-state index in [1.807, 2.05) is 38.2 Å². The van der Waals surface area contributed by atoms with Gasteiger partial charge in [-0.2, -0.15) is 5.10 Å². The zero-order valence-corrected chi connectivity index (χ0v) is 17.3. The Morgan fingerprint density at radius 2 is 2.03 bits per heavy atom. The van der Waals surface area contributed by atoms with Crippen molar-refractivity contribution in [2.75, 3.05) is 24.6 Å². The number of nitrogens with one attached hydrogen (secondary N) is 1. The molecule has 0 atom stereocenters. The fourth-order valence-electron chi connectivity index (χ4n) is 3.75. The van der Waals surface area contributed by atoms with E-state index in [0.29, 0.717) is 24.0 Å². The summed E-state index contributed by atoms with van der Waals surface area (Å²) in [5.41, 5.74) is 10.0. The molecule has 0 radical (unpaired) electrons. The normalized spacial score (nSPS) is 13.9. The van der Waals surface area contributed by atoms with E-state index in [1.54, 1.807) is 28.2 Å². The van der Waals surface area contributed by atoms with E-state index in [-0.39, 0.29) is 12.5 Å². The molecule has 1 amide bonds. The monoisotopic (exact) mass is 414 g/mol. The van der Waals surface area contributed by atoms with Gasteiger partial charge in [0.25, 0.3) is 0 Å². The summed E-state index contributed by atoms with van der Waals surface area (Å²) in [6.07, 6.45) is 6.02. The van der Waals surface area contributed by atoms with Crippen LogP contribution in [0, 0.1) is 6.92 Å². The first-order chi connectivity index (χ1) is 15.0. The van der Waals surface area contributed by atoms with Crippen LogP contribution in [0.3, 0.4) is 0 Å². The maximum Gasteiger partial charge on any atom is 0.244 e. The highest BCUT2D eigenvalue weighted by atomic mass is 16.2. The third-order valence-corrected chi connectivity index (χ3v) is 5.59. The molecule has 0 bridgehead atoms. The van der Waals surface area contributed by atoms with Gasteiger partial charge >= 0.3 is 0 Å². The zero-order valence-electron chi connectivity index (χ0n) is 17.3. The summed E-state index contributed by atoms with van der Waals surface area (Å²) in [7, 11) is 1.81. The van der Waals surface area contributed by atoms with Crippen molar-refractivity contribution in [2.45, 2.75) is 19.9 Å². The fourth-order valence-corrected chi connectivity index (χ4v) is 3.75. The highest BCUT2D eigenvalue weighted by Crippen LogP contribution is 2.29. The SMILES string of the molecule is Cc1ccncc1-c1cc2cc(Nc3cc4n(n3)CC(=O)N(C)CC4)ncc2c(N)n1. The van der Waals surface area contributed by atoms with E-state index >= 15 is 0 Å². The summed E-state index contributed by atoms with van der Waals surface area (Å²) in [5.74, 6) is 1.78. The van der Waals surface area contributed by atoms with Crippen molar-refractivity contribution in [2.24, 2.45) is 0 Å². The molecule has 31 heavy (non-hydrogen) atoms. The summed E-state index contributed by atoms with van der Waals surface area (Å²) < 4.78 is 1.75. The van der Waals surface area contributed by atoms with Crippen LogP contribution >= 0.6 is 0 Å². The largest absolute Gasteiger partial charge is 0.383 e. The Hall–Kier alpha value is -4.01. The first kappa shape index (κ1) is 19.0. The van der Waals surface area contributed by atoms with Crippen molar-refractivity contribution in [1.29, 1.82) is 0 Å². The highest BCUT2D eigenvalue weighted by Gasteiger charge is 2.19. The lowest BCUT2D eigenvalue weighted by Gasteiger charge is -2.12. The Morgan fingerprint density at radius 1 is 1.16 bits per heavy atom. The standard InChI is InChI=1S/C22H22N8O/c1-13-3-5-24-10-16(13)18-7-14-8-19(25-11-17(14)22(23)26-18)27-20-9-15-4-6-29(2)21(31)12-30(15)28-20/h3,5,7-11H,4,6,12H2,1-2H3,(H2,23,26)(H,25,27,28). The number of nitrogen functional groups attached to an aromatic ring is 1. The molecule has 156 valence electrons. The number of hydrogen-bond donors (Lipinski definition) is 2. The summed E-state index contributed by atoms with van der Waals surface area (Å²) >= 11 is 0. The van der Waals surface area contributed by atoms with Gasteiger partial charge in [-0.25, -0.2) is 9.97 Å². The third kappa shape index (κ3) is 3.54. The molecule has 4 aromatic heterocycles. The molecule has 1 aliphatic rings. The van der Waals surface area contributed by atoms with Crippen molar-refractivity contribution >= 4 is 34.1 Å². The molecule has 0 aliphatic carbocycles. The lowest BCUT2D eigenvalue weighted by atomic mass is 10.1. The number of likely N-dealkylation sites (N-methyl/N-ethyl adjacent to an activating group) is 1. The van der Waals surface area contributed by atoms with Crippen molar-refractivity contribution in [3.63, 3.8) is 0 Å². The topological polar surface area (TPSA) is 115 Å². The fraction of sp³-hybridized carbons (Fsp3) is 0.227. The van der Waals surface area contributed by atoms with E-state index in [0.717, 1.165) is 39.7 Å². The number of carbonyl (C=O) groups is 1. The first-order valence-corrected chi connectivity index (χ1v) is 10.0. The van der Waals surface area contributed by atoms with Crippen LogP contribution in [0.1, 0.15) is 11.3 Å². The molecule has 1 aliphatic heterocycles. The maximum absolute atomic E-state index is 12.1. The molecule has 0 aromatic carbocycles. The number of aromatic nitrogens is 5. The lowest BCUT2D eigenvalue weighted by Crippen LogP contribution is -2.29. The Labute approximate surface area is 178 Å². The molecule has 3 N–H and O–H groups in total. The number of rotatable bonds is 3. The molecule has 9 heteroatoms. The minimum Gasteiger partial charge on any atom is -0.383 e. The second-order valence-corrected chi connectivity index (χ2v) is 7.74. The maximum atomic E-state index is 12.1. The second kappa shape index (κ2) is 7.35. The number of aryl methyl sites for hydroxylation is 1. The zero-order chi connectivity index (χ0) is 21.5. The van der Waals surface area contributed by atoms with E-state index < -0.39 is 0 Å². The molecular formula is C22H22N8O. The van der Waals surface area contributed by atoms with Crippen LogP contribution in [-0.4, -0.2) is 49.1 Å². The number of amides is 1. The molecule has 0 spiro atoms. The number of nitrogens with zero attached hydrogens (tertiary/aromatic N) is 6. The Morgan fingerprint density at radius 3 is 2.87 bits per heavy atom. The van der Waals surface area contributed by atoms with Gasteiger partial charge in [-0.05, 0) is 36.1 Å². The molecule has 0 saturated heterocycles. The van der Waals surface area contributed by atoms with E-state index in [1.165, 1.54) is 0 Å². The van der Waals surface area contributed by atoms with Crippen LogP contribution < -0.4 is 11.1 Å². The lowest BCUT2D eigenvalue weighted by molar-refractivity contribution is -0.130. The van der Waals surface area contributed by atoms with E-state index in [9.17, 15) is 4.79 Å². The van der Waals surface area contributed by atoms with Gasteiger partial charge in [0.1, 0.15) is 18.2 Å². The van der Waals surface area contributed by atoms with Crippen LogP contribution in [0.5, 0.6) is 0 Å². The summed E-state index contributed by atoms with van der Waals surface area (Å²) in [4.78, 5) is 27.0. The predicted molar refractivity (Wildman–Crippen MR) is 119 cm³/mol. The Kier molecular flexibility index (Phi) is 4.50. The van der Waals surface area contributed by atoms with Gasteiger partial charge in [0.05, 0.1) is 5.69 Å². The Bertz CT molecular complexity index is 1310. The van der Waals surface area contributed by atoms with Crippen molar-refractivity contribution in [3.05, 3.63) is 54.1 Å². The van der Waals surface area contributed by atoms with Crippen LogP contribution in [-0.2, 0) is 17.8 Å². The average Bonchev–Trinajstić information content (AvgIpc) is 3.06. The minimum absolute atomic E-state index is 0.0541. The smallest absolute Gasteiger partial charge is 0.244 e. The van der Waals surface area contributed by atoms with Gasteiger partial charge in [0, 0.05) is 61.3 Å². The van der Waals surface area contributed by atoms with Gasteiger partial charge in [-0.1, -0.05) is 0 Å². The quantitative estimate of drug-likeness (QED) is 0.529. The van der Waals surface area contributed by atoms with Crippen LogP contribution in [0.15, 0.2) is 42.9 Å². The molecule has 5 heterocycles. The van der Waals surface area contributed by atoms with Gasteiger partial charge in [0.15, 0.2) is 5.82 Å². The number of nitrogens with two attached hydrogens (primary N) is 1. The van der Waals surface area contributed by atoms with Gasteiger partial charge in [-0.3, -0.25) is 14.5 Å². The minimum atomic E-state index is 0.0541. The average molecular weight is 414 g/mol. The van der Waals surface area contributed by atoms with Crippen molar-refractivity contribution in [1.82, 2.24) is 29.6 Å². The summed E-state index contributed by atoms with van der Waals surface area (Å²) in [6.45, 7) is 2.94. The summed E-state index contributed by atoms with van der Waals surface area (Å²) in [6, 6.07) is 7.82. The molecular weight excluding hydrogens is 392 g/mol. The number of anilines is 3. The second-order valence-electron chi connectivity index (χ2n) is 7.74.